The Morgan fingerprint density at radius 3 is 2.18 bits per heavy atom. The molecular formula is C8H16N2O. The quantitative estimate of drug-likeness (QED) is 0.603. The summed E-state index contributed by atoms with van der Waals surface area (Å²) < 4.78 is 0. The smallest absolute Gasteiger partial charge is 0.315 e. The molecule has 0 atom stereocenters. The van der Waals surface area contributed by atoms with Gasteiger partial charge in [-0.1, -0.05) is 6.08 Å². The van der Waals surface area contributed by atoms with Crippen LogP contribution in [0, 0.1) is 0 Å². The van der Waals surface area contributed by atoms with Gasteiger partial charge in [0.25, 0.3) is 0 Å². The lowest BCUT2D eigenvalue weighted by Crippen LogP contribution is -2.48. The minimum atomic E-state index is -0.405. The first-order valence-corrected chi connectivity index (χ1v) is 3.57. The number of hydrogen-bond acceptors (Lipinski definition) is 1. The molecular weight excluding hydrogens is 140 g/mol. The molecule has 0 bridgehead atoms. The largest absolute Gasteiger partial charge is 0.351 e. The second-order valence-corrected chi connectivity index (χ2v) is 3.41. The lowest BCUT2D eigenvalue weighted by molar-refractivity contribution is 0.163. The number of primary amides is 1. The van der Waals surface area contributed by atoms with Crippen LogP contribution in [0.2, 0.25) is 0 Å². The standard InChI is InChI=1S/C8H16N2O/c1-5-6-10(7(9)11)8(2,3)4/h5H,1,6H2,2-4H3,(H2,9,11). The van der Waals surface area contributed by atoms with Gasteiger partial charge in [0.1, 0.15) is 0 Å². The molecule has 0 aliphatic carbocycles. The van der Waals surface area contributed by atoms with Gasteiger partial charge in [-0.05, 0) is 20.8 Å². The van der Waals surface area contributed by atoms with Crippen LogP contribution < -0.4 is 5.73 Å². The van der Waals surface area contributed by atoms with Crippen LogP contribution in [0.3, 0.4) is 0 Å². The van der Waals surface area contributed by atoms with Gasteiger partial charge in [0.15, 0.2) is 0 Å². The molecule has 0 aliphatic heterocycles. The molecule has 0 saturated carbocycles. The Balaban J connectivity index is 4.34. The maximum atomic E-state index is 10.8. The van der Waals surface area contributed by atoms with Crippen LogP contribution >= 0.6 is 0 Å². The summed E-state index contributed by atoms with van der Waals surface area (Å²) in [4.78, 5) is 12.4. The van der Waals surface area contributed by atoms with E-state index in [4.69, 9.17) is 5.73 Å². The van der Waals surface area contributed by atoms with E-state index in [9.17, 15) is 4.79 Å². The maximum Gasteiger partial charge on any atom is 0.315 e. The van der Waals surface area contributed by atoms with Crippen LogP contribution in [0.4, 0.5) is 4.79 Å². The number of carbonyl (C=O) groups is 1. The van der Waals surface area contributed by atoms with Gasteiger partial charge in [0, 0.05) is 12.1 Å². The van der Waals surface area contributed by atoms with Crippen LogP contribution in [0.15, 0.2) is 12.7 Å². The fourth-order valence-electron chi connectivity index (χ4n) is 0.824. The predicted octanol–water partition coefficient (Wildman–Crippen LogP) is 1.35. The van der Waals surface area contributed by atoms with E-state index in [1.807, 2.05) is 20.8 Å². The first-order valence-electron chi connectivity index (χ1n) is 3.57. The molecule has 0 fully saturated rings. The summed E-state index contributed by atoms with van der Waals surface area (Å²) in [6.07, 6.45) is 1.66. The highest BCUT2D eigenvalue weighted by atomic mass is 16.2. The first-order chi connectivity index (χ1) is 4.89. The monoisotopic (exact) mass is 156 g/mol. The number of rotatable bonds is 2. The number of amides is 2. The van der Waals surface area contributed by atoms with E-state index in [1.165, 1.54) is 0 Å². The highest BCUT2D eigenvalue weighted by Crippen LogP contribution is 2.11. The van der Waals surface area contributed by atoms with Crippen molar-refractivity contribution < 1.29 is 4.79 Å². The lowest BCUT2D eigenvalue weighted by atomic mass is 10.1. The molecule has 0 heterocycles. The molecule has 64 valence electrons. The summed E-state index contributed by atoms with van der Waals surface area (Å²) >= 11 is 0. The maximum absolute atomic E-state index is 10.8. The van der Waals surface area contributed by atoms with Crippen LogP contribution in [0.5, 0.6) is 0 Å². The van der Waals surface area contributed by atoms with Crippen molar-refractivity contribution in [3.8, 4) is 0 Å². The van der Waals surface area contributed by atoms with Crippen LogP contribution in [0.1, 0.15) is 20.8 Å². The molecule has 0 rings (SSSR count). The fourth-order valence-corrected chi connectivity index (χ4v) is 0.824. The van der Waals surface area contributed by atoms with E-state index in [0.717, 1.165) is 0 Å². The number of hydrogen-bond donors (Lipinski definition) is 1. The molecule has 3 nitrogen and oxygen atoms in total. The van der Waals surface area contributed by atoms with Gasteiger partial charge in [0.05, 0.1) is 0 Å². The molecule has 0 saturated heterocycles. The Labute approximate surface area is 67.9 Å². The fraction of sp³-hybridized carbons (Fsp3) is 0.625. The summed E-state index contributed by atoms with van der Waals surface area (Å²) in [6, 6.07) is -0.405. The Morgan fingerprint density at radius 1 is 1.64 bits per heavy atom. The zero-order valence-corrected chi connectivity index (χ0v) is 7.42. The van der Waals surface area contributed by atoms with Crippen molar-refractivity contribution in [2.45, 2.75) is 26.3 Å². The average molecular weight is 156 g/mol. The molecule has 0 spiro atoms. The van der Waals surface area contributed by atoms with Crippen molar-refractivity contribution in [2.75, 3.05) is 6.54 Å². The van der Waals surface area contributed by atoms with Gasteiger partial charge in [-0.15, -0.1) is 6.58 Å². The molecule has 0 radical (unpaired) electrons. The van der Waals surface area contributed by atoms with Gasteiger partial charge in [-0.3, -0.25) is 0 Å². The average Bonchev–Trinajstić information content (AvgIpc) is 1.79. The van der Waals surface area contributed by atoms with Crippen molar-refractivity contribution in [3.63, 3.8) is 0 Å². The number of nitrogens with zero attached hydrogens (tertiary/aromatic N) is 1. The number of nitrogens with two attached hydrogens (primary N) is 1. The van der Waals surface area contributed by atoms with Crippen molar-refractivity contribution in [1.82, 2.24) is 4.90 Å². The Hall–Kier alpha value is -0.990. The Bertz CT molecular complexity index is 158. The van der Waals surface area contributed by atoms with Gasteiger partial charge < -0.3 is 10.6 Å². The summed E-state index contributed by atoms with van der Waals surface area (Å²) in [5.41, 5.74) is 4.93. The molecule has 0 aromatic heterocycles. The third-order valence-corrected chi connectivity index (χ3v) is 1.39. The highest BCUT2D eigenvalue weighted by molar-refractivity contribution is 5.73. The van der Waals surface area contributed by atoms with Gasteiger partial charge in [0.2, 0.25) is 0 Å². The zero-order valence-electron chi connectivity index (χ0n) is 7.42. The SMILES string of the molecule is C=CCN(C(N)=O)C(C)(C)C. The van der Waals surface area contributed by atoms with Crippen LogP contribution in [0.25, 0.3) is 0 Å². The van der Waals surface area contributed by atoms with Crippen LogP contribution in [-0.2, 0) is 0 Å². The van der Waals surface area contributed by atoms with E-state index < -0.39 is 6.03 Å². The molecule has 0 unspecified atom stereocenters. The van der Waals surface area contributed by atoms with Crippen molar-refractivity contribution in [1.29, 1.82) is 0 Å². The molecule has 11 heavy (non-hydrogen) atoms. The summed E-state index contributed by atoms with van der Waals surface area (Å²) in [7, 11) is 0. The van der Waals surface area contributed by atoms with Crippen molar-refractivity contribution in [3.05, 3.63) is 12.7 Å². The first kappa shape index (κ1) is 10.0. The number of carbonyl (C=O) groups excluding carboxylic acids is 1. The highest BCUT2D eigenvalue weighted by Gasteiger charge is 2.22. The van der Waals surface area contributed by atoms with E-state index in [-0.39, 0.29) is 5.54 Å². The third kappa shape index (κ3) is 3.07. The second-order valence-electron chi connectivity index (χ2n) is 3.41. The predicted molar refractivity (Wildman–Crippen MR) is 46.2 cm³/mol. The van der Waals surface area contributed by atoms with E-state index in [2.05, 4.69) is 6.58 Å². The van der Waals surface area contributed by atoms with E-state index in [1.54, 1.807) is 11.0 Å². The van der Waals surface area contributed by atoms with Crippen LogP contribution in [-0.4, -0.2) is 23.0 Å². The Kier molecular flexibility index (Phi) is 3.11. The van der Waals surface area contributed by atoms with Crippen molar-refractivity contribution in [2.24, 2.45) is 5.73 Å². The minimum absolute atomic E-state index is 0.222. The second kappa shape index (κ2) is 3.42. The molecule has 3 heteroatoms. The van der Waals surface area contributed by atoms with E-state index >= 15 is 0 Å². The van der Waals surface area contributed by atoms with Gasteiger partial charge in [-0.2, -0.15) is 0 Å². The summed E-state index contributed by atoms with van der Waals surface area (Å²) in [5, 5.41) is 0. The molecule has 0 aliphatic rings. The van der Waals surface area contributed by atoms with Crippen molar-refractivity contribution >= 4 is 6.03 Å². The van der Waals surface area contributed by atoms with Gasteiger partial charge >= 0.3 is 6.03 Å². The molecule has 0 aromatic carbocycles. The third-order valence-electron chi connectivity index (χ3n) is 1.39. The van der Waals surface area contributed by atoms with Gasteiger partial charge in [-0.25, -0.2) is 4.79 Å². The lowest BCUT2D eigenvalue weighted by Gasteiger charge is -2.33. The molecule has 0 aromatic rings. The molecule has 2 N–H and O–H groups in total. The summed E-state index contributed by atoms with van der Waals surface area (Å²) in [5.74, 6) is 0. The zero-order chi connectivity index (χ0) is 9.07. The van der Waals surface area contributed by atoms with E-state index in [0.29, 0.717) is 6.54 Å². The Morgan fingerprint density at radius 2 is 2.09 bits per heavy atom. The normalized spacial score (nSPS) is 10.8. The molecule has 2 amide bonds. The topological polar surface area (TPSA) is 46.3 Å². The number of urea groups is 1. The minimum Gasteiger partial charge on any atom is -0.351 e. The summed E-state index contributed by atoms with van der Waals surface area (Å²) in [6.45, 7) is 9.84.